The number of nitrogens with one attached hydrogen (secondary N) is 1. The average Bonchev–Trinajstić information content (AvgIpc) is 2.89. The van der Waals surface area contributed by atoms with E-state index in [0.717, 1.165) is 12.1 Å². The number of aromatic nitrogens is 2. The summed E-state index contributed by atoms with van der Waals surface area (Å²) >= 11 is 1.73. The van der Waals surface area contributed by atoms with E-state index in [1.807, 2.05) is 19.1 Å². The molecule has 20 heavy (non-hydrogen) atoms. The lowest BCUT2D eigenvalue weighted by Crippen LogP contribution is -2.20. The SMILES string of the molecule is COC(=O)c1nc(C)cc(NC(C)Cc2cccs2)n1. The van der Waals surface area contributed by atoms with Crippen molar-refractivity contribution in [1.29, 1.82) is 0 Å². The number of ether oxygens (including phenoxy) is 1. The van der Waals surface area contributed by atoms with Crippen molar-refractivity contribution < 1.29 is 9.53 Å². The Morgan fingerprint density at radius 3 is 2.95 bits per heavy atom. The molecule has 0 aromatic carbocycles. The van der Waals surface area contributed by atoms with Gasteiger partial charge in [0.1, 0.15) is 5.82 Å². The number of anilines is 1. The number of hydrogen-bond donors (Lipinski definition) is 1. The Labute approximate surface area is 122 Å². The Hall–Kier alpha value is -1.95. The van der Waals surface area contributed by atoms with Gasteiger partial charge in [-0.05, 0) is 25.3 Å². The zero-order valence-corrected chi connectivity index (χ0v) is 12.5. The van der Waals surface area contributed by atoms with E-state index in [1.54, 1.807) is 11.3 Å². The van der Waals surface area contributed by atoms with E-state index in [0.29, 0.717) is 5.82 Å². The van der Waals surface area contributed by atoms with Crippen molar-refractivity contribution in [2.45, 2.75) is 26.3 Å². The summed E-state index contributed by atoms with van der Waals surface area (Å²) in [6.45, 7) is 3.90. The molecular weight excluding hydrogens is 274 g/mol. The maximum Gasteiger partial charge on any atom is 0.376 e. The molecule has 2 aromatic rings. The van der Waals surface area contributed by atoms with Gasteiger partial charge < -0.3 is 10.1 Å². The monoisotopic (exact) mass is 291 g/mol. The van der Waals surface area contributed by atoms with Crippen LogP contribution < -0.4 is 5.32 Å². The number of hydrogen-bond acceptors (Lipinski definition) is 6. The van der Waals surface area contributed by atoms with Crippen LogP contribution in [0, 0.1) is 6.92 Å². The van der Waals surface area contributed by atoms with Gasteiger partial charge in [0.2, 0.25) is 5.82 Å². The van der Waals surface area contributed by atoms with Crippen LogP contribution in [-0.2, 0) is 11.2 Å². The van der Waals surface area contributed by atoms with Crippen LogP contribution in [0.2, 0.25) is 0 Å². The second kappa shape index (κ2) is 6.47. The van der Waals surface area contributed by atoms with Crippen LogP contribution in [0.25, 0.3) is 0 Å². The predicted molar refractivity (Wildman–Crippen MR) is 79.2 cm³/mol. The zero-order valence-electron chi connectivity index (χ0n) is 11.7. The average molecular weight is 291 g/mol. The first-order valence-electron chi connectivity index (χ1n) is 6.31. The first-order valence-corrected chi connectivity index (χ1v) is 7.19. The number of nitrogens with zero attached hydrogens (tertiary/aromatic N) is 2. The highest BCUT2D eigenvalue weighted by molar-refractivity contribution is 7.09. The number of carbonyl (C=O) groups excluding carboxylic acids is 1. The van der Waals surface area contributed by atoms with Crippen LogP contribution >= 0.6 is 11.3 Å². The highest BCUT2D eigenvalue weighted by atomic mass is 32.1. The fraction of sp³-hybridized carbons (Fsp3) is 0.357. The normalized spacial score (nSPS) is 11.9. The van der Waals surface area contributed by atoms with Gasteiger partial charge in [-0.3, -0.25) is 0 Å². The van der Waals surface area contributed by atoms with E-state index in [2.05, 4.69) is 38.4 Å². The molecule has 0 aliphatic rings. The van der Waals surface area contributed by atoms with E-state index in [-0.39, 0.29) is 11.9 Å². The minimum atomic E-state index is -0.525. The lowest BCUT2D eigenvalue weighted by atomic mass is 10.2. The third-order valence-corrected chi connectivity index (χ3v) is 3.60. The first-order chi connectivity index (χ1) is 9.58. The molecule has 0 spiro atoms. The molecule has 2 rings (SSSR count). The van der Waals surface area contributed by atoms with Crippen molar-refractivity contribution in [1.82, 2.24) is 9.97 Å². The molecule has 0 amide bonds. The molecule has 0 bridgehead atoms. The molecule has 5 nitrogen and oxygen atoms in total. The summed E-state index contributed by atoms with van der Waals surface area (Å²) in [5.41, 5.74) is 0.728. The van der Waals surface area contributed by atoms with Gasteiger partial charge in [0.05, 0.1) is 7.11 Å². The van der Waals surface area contributed by atoms with E-state index < -0.39 is 5.97 Å². The number of methoxy groups -OCH3 is 1. The molecule has 0 saturated heterocycles. The van der Waals surface area contributed by atoms with Crippen molar-refractivity contribution >= 4 is 23.1 Å². The highest BCUT2D eigenvalue weighted by Gasteiger charge is 2.13. The van der Waals surface area contributed by atoms with E-state index in [4.69, 9.17) is 0 Å². The summed E-state index contributed by atoms with van der Waals surface area (Å²) in [6, 6.07) is 6.18. The number of carbonyl (C=O) groups is 1. The van der Waals surface area contributed by atoms with Gasteiger partial charge in [-0.2, -0.15) is 0 Å². The molecule has 1 atom stereocenters. The second-order valence-corrected chi connectivity index (χ2v) is 5.57. The van der Waals surface area contributed by atoms with Crippen LogP contribution in [0.15, 0.2) is 23.6 Å². The van der Waals surface area contributed by atoms with Gasteiger partial charge in [-0.25, -0.2) is 14.8 Å². The van der Waals surface area contributed by atoms with Gasteiger partial charge in [-0.15, -0.1) is 11.3 Å². The fourth-order valence-corrected chi connectivity index (χ4v) is 2.69. The molecule has 0 fully saturated rings. The Morgan fingerprint density at radius 2 is 2.30 bits per heavy atom. The summed E-state index contributed by atoms with van der Waals surface area (Å²) in [6.07, 6.45) is 0.911. The Kier molecular flexibility index (Phi) is 4.68. The molecule has 0 aliphatic carbocycles. The van der Waals surface area contributed by atoms with Crippen molar-refractivity contribution in [2.75, 3.05) is 12.4 Å². The second-order valence-electron chi connectivity index (χ2n) is 4.54. The summed E-state index contributed by atoms with van der Waals surface area (Å²) in [7, 11) is 1.32. The minimum Gasteiger partial charge on any atom is -0.463 e. The lowest BCUT2D eigenvalue weighted by Gasteiger charge is -2.14. The molecule has 2 heterocycles. The van der Waals surface area contributed by atoms with Crippen LogP contribution in [0.3, 0.4) is 0 Å². The standard InChI is InChI=1S/C14H17N3O2S/c1-9(7-11-5-4-6-20-11)15-12-8-10(2)16-13(17-12)14(18)19-3/h4-6,8-9H,7H2,1-3H3,(H,15,16,17). The van der Waals surface area contributed by atoms with Crippen LogP contribution in [0.5, 0.6) is 0 Å². The topological polar surface area (TPSA) is 64.1 Å². The van der Waals surface area contributed by atoms with Gasteiger partial charge >= 0.3 is 5.97 Å². The number of thiophene rings is 1. The molecule has 106 valence electrons. The number of rotatable bonds is 5. The third-order valence-electron chi connectivity index (χ3n) is 2.70. The Balaban J connectivity index is 2.08. The first kappa shape index (κ1) is 14.5. The number of aryl methyl sites for hydroxylation is 1. The van der Waals surface area contributed by atoms with Gasteiger partial charge in [-0.1, -0.05) is 6.07 Å². The molecule has 0 radical (unpaired) electrons. The van der Waals surface area contributed by atoms with Gasteiger partial charge in [0.25, 0.3) is 0 Å². The number of esters is 1. The summed E-state index contributed by atoms with van der Waals surface area (Å²) < 4.78 is 4.65. The zero-order chi connectivity index (χ0) is 14.5. The molecule has 1 N–H and O–H groups in total. The van der Waals surface area contributed by atoms with Crippen molar-refractivity contribution in [3.63, 3.8) is 0 Å². The molecule has 0 saturated carbocycles. The van der Waals surface area contributed by atoms with E-state index in [1.165, 1.54) is 12.0 Å². The maximum atomic E-state index is 11.5. The van der Waals surface area contributed by atoms with Crippen molar-refractivity contribution in [3.05, 3.63) is 40.0 Å². The Morgan fingerprint density at radius 1 is 1.50 bits per heavy atom. The minimum absolute atomic E-state index is 0.0818. The van der Waals surface area contributed by atoms with Crippen LogP contribution in [0.4, 0.5) is 5.82 Å². The predicted octanol–water partition coefficient (Wildman–Crippen LogP) is 2.68. The highest BCUT2D eigenvalue weighted by Crippen LogP contribution is 2.14. The van der Waals surface area contributed by atoms with Gasteiger partial charge in [0.15, 0.2) is 0 Å². The summed E-state index contributed by atoms with van der Waals surface area (Å²) in [4.78, 5) is 21.0. The molecule has 1 unspecified atom stereocenters. The van der Waals surface area contributed by atoms with E-state index >= 15 is 0 Å². The summed E-state index contributed by atoms with van der Waals surface area (Å²) in [5, 5.41) is 5.35. The smallest absolute Gasteiger partial charge is 0.376 e. The van der Waals surface area contributed by atoms with Crippen LogP contribution in [0.1, 0.15) is 28.1 Å². The van der Waals surface area contributed by atoms with E-state index in [9.17, 15) is 4.79 Å². The molecule has 0 aliphatic heterocycles. The van der Waals surface area contributed by atoms with Crippen LogP contribution in [-0.4, -0.2) is 29.1 Å². The quantitative estimate of drug-likeness (QED) is 0.858. The van der Waals surface area contributed by atoms with Crippen molar-refractivity contribution in [3.8, 4) is 0 Å². The molecule has 2 aromatic heterocycles. The summed E-state index contributed by atoms with van der Waals surface area (Å²) in [5.74, 6) is 0.197. The Bertz CT molecular complexity index is 584. The van der Waals surface area contributed by atoms with Gasteiger partial charge in [0, 0.05) is 29.1 Å². The lowest BCUT2D eigenvalue weighted by molar-refractivity contribution is 0.0586. The molecule has 6 heteroatoms. The third kappa shape index (κ3) is 3.77. The molecular formula is C14H17N3O2S. The fourth-order valence-electron chi connectivity index (χ4n) is 1.86. The van der Waals surface area contributed by atoms with Crippen molar-refractivity contribution in [2.24, 2.45) is 0 Å². The largest absolute Gasteiger partial charge is 0.463 e. The maximum absolute atomic E-state index is 11.5.